The zero-order valence-electron chi connectivity index (χ0n) is 22.1. The zero-order valence-corrected chi connectivity index (χ0v) is 22.1. The molecule has 0 bridgehead atoms. The molecule has 0 saturated carbocycles. The first-order chi connectivity index (χ1) is 18.9. The number of aromatic nitrogens is 2. The highest BCUT2D eigenvalue weighted by Gasteiger charge is 2.32. The molecule has 2 N–H and O–H groups in total. The third-order valence-electron chi connectivity index (χ3n) is 7.33. The summed E-state index contributed by atoms with van der Waals surface area (Å²) in [5.41, 5.74) is 3.69. The molecule has 9 heteroatoms. The van der Waals surface area contributed by atoms with Crippen LogP contribution in [-0.2, 0) is 22.4 Å². The maximum atomic E-state index is 12.3. The van der Waals surface area contributed by atoms with Gasteiger partial charge in [0.1, 0.15) is 6.61 Å². The number of carbonyl (C=O) groups excluding carboxylic acids is 1. The highest BCUT2D eigenvalue weighted by atomic mass is 16.6. The van der Waals surface area contributed by atoms with E-state index in [0.29, 0.717) is 19.3 Å². The maximum absolute atomic E-state index is 12.3. The number of carbonyl (C=O) groups is 1. The lowest BCUT2D eigenvalue weighted by Gasteiger charge is -2.38. The predicted molar refractivity (Wildman–Crippen MR) is 145 cm³/mol. The van der Waals surface area contributed by atoms with Gasteiger partial charge in [-0.2, -0.15) is 0 Å². The number of amides is 1. The average Bonchev–Trinajstić information content (AvgIpc) is 3.24. The molecule has 9 nitrogen and oxygen atoms in total. The molecule has 1 aromatic heterocycles. The third-order valence-corrected chi connectivity index (χ3v) is 7.33. The van der Waals surface area contributed by atoms with Crippen LogP contribution in [0.15, 0.2) is 59.7 Å². The fourth-order valence-corrected chi connectivity index (χ4v) is 4.87. The Bertz CT molecular complexity index is 1420. The van der Waals surface area contributed by atoms with Crippen LogP contribution in [0.25, 0.3) is 0 Å². The molecule has 1 amide bonds. The van der Waals surface area contributed by atoms with Crippen LogP contribution in [0, 0.1) is 11.8 Å². The smallest absolute Gasteiger partial charge is 0.410 e. The Kier molecular flexibility index (Phi) is 7.96. The minimum absolute atomic E-state index is 0.0644. The number of methoxy groups -OCH3 is 1. The van der Waals surface area contributed by atoms with Gasteiger partial charge >= 0.3 is 6.09 Å². The van der Waals surface area contributed by atoms with Gasteiger partial charge in [-0.3, -0.25) is 9.69 Å². The molecule has 0 unspecified atom stereocenters. The second kappa shape index (κ2) is 11.7. The monoisotopic (exact) mass is 528 g/mol. The van der Waals surface area contributed by atoms with E-state index in [9.17, 15) is 14.7 Å². The van der Waals surface area contributed by atoms with E-state index in [1.807, 2.05) is 43.3 Å². The molecule has 3 heterocycles. The van der Waals surface area contributed by atoms with Gasteiger partial charge in [0, 0.05) is 56.8 Å². The van der Waals surface area contributed by atoms with Crippen LogP contribution in [0.2, 0.25) is 0 Å². The number of aromatic amines is 1. The molecule has 2 fully saturated rings. The first-order valence-electron chi connectivity index (χ1n) is 13.0. The minimum atomic E-state index is -0.591. The largest absolute Gasteiger partial charge is 0.502 e. The molecule has 5 rings (SSSR count). The summed E-state index contributed by atoms with van der Waals surface area (Å²) in [6, 6.07) is 16.1. The van der Waals surface area contributed by atoms with Crippen molar-refractivity contribution in [2.75, 3.05) is 33.4 Å². The molecule has 2 aromatic carbocycles. The van der Waals surface area contributed by atoms with Gasteiger partial charge in [0.15, 0.2) is 0 Å². The van der Waals surface area contributed by atoms with Gasteiger partial charge in [0.2, 0.25) is 5.75 Å². The number of nitrogens with one attached hydrogen (secondary N) is 1. The number of aromatic hydroxyl groups is 1. The summed E-state index contributed by atoms with van der Waals surface area (Å²) in [4.78, 5) is 34.7. The lowest BCUT2D eigenvalue weighted by molar-refractivity contribution is -0.0333. The first kappa shape index (κ1) is 26.5. The van der Waals surface area contributed by atoms with E-state index >= 15 is 0 Å². The highest BCUT2D eigenvalue weighted by Crippen LogP contribution is 2.27. The number of cyclic esters (lactones) is 1. The van der Waals surface area contributed by atoms with Gasteiger partial charge in [-0.05, 0) is 42.3 Å². The number of hydrogen-bond donors (Lipinski definition) is 2. The number of likely N-dealkylation sites (tertiary alicyclic amines) is 1. The number of nitrogens with zero attached hydrogens (tertiary/aromatic N) is 3. The van der Waals surface area contributed by atoms with Crippen LogP contribution in [0.5, 0.6) is 5.75 Å². The summed E-state index contributed by atoms with van der Waals surface area (Å²) < 4.78 is 10.5. The topological polar surface area (TPSA) is 108 Å². The van der Waals surface area contributed by atoms with Gasteiger partial charge in [0.05, 0.1) is 24.2 Å². The van der Waals surface area contributed by atoms with Crippen molar-refractivity contribution < 1.29 is 19.4 Å². The van der Waals surface area contributed by atoms with Crippen molar-refractivity contribution in [2.24, 2.45) is 0 Å². The molecule has 39 heavy (non-hydrogen) atoms. The molecule has 2 saturated heterocycles. The molecular weight excluding hydrogens is 496 g/mol. The summed E-state index contributed by atoms with van der Waals surface area (Å²) in [5, 5.41) is 10.2. The Balaban J connectivity index is 1.28. The van der Waals surface area contributed by atoms with Crippen LogP contribution >= 0.6 is 0 Å². The molecule has 202 valence electrons. The van der Waals surface area contributed by atoms with Crippen LogP contribution in [0.1, 0.15) is 40.8 Å². The summed E-state index contributed by atoms with van der Waals surface area (Å²) in [6.45, 7) is 5.48. The van der Waals surface area contributed by atoms with Crippen LogP contribution in [0.3, 0.4) is 0 Å². The number of ether oxygens (including phenoxy) is 2. The van der Waals surface area contributed by atoms with E-state index in [0.717, 1.165) is 36.3 Å². The highest BCUT2D eigenvalue weighted by molar-refractivity contribution is 5.70. The van der Waals surface area contributed by atoms with Crippen molar-refractivity contribution in [3.63, 3.8) is 0 Å². The van der Waals surface area contributed by atoms with Crippen LogP contribution < -0.4 is 5.56 Å². The van der Waals surface area contributed by atoms with E-state index in [4.69, 9.17) is 9.47 Å². The number of H-pyrrole nitrogens is 1. The average molecular weight is 529 g/mol. The Morgan fingerprint density at radius 2 is 1.77 bits per heavy atom. The Hall–Kier alpha value is -4.13. The summed E-state index contributed by atoms with van der Waals surface area (Å²) in [7, 11) is 1.76. The second-order valence-electron chi connectivity index (χ2n) is 10.1. The minimum Gasteiger partial charge on any atom is -0.502 e. The fourth-order valence-electron chi connectivity index (χ4n) is 4.87. The van der Waals surface area contributed by atoms with Gasteiger partial charge in [-0.15, -0.1) is 0 Å². The van der Waals surface area contributed by atoms with Crippen LogP contribution in [0.4, 0.5) is 4.79 Å². The predicted octanol–water partition coefficient (Wildman–Crippen LogP) is 2.87. The first-order valence-corrected chi connectivity index (χ1v) is 13.0. The number of benzene rings is 2. The summed E-state index contributed by atoms with van der Waals surface area (Å²) in [5.74, 6) is 5.83. The van der Waals surface area contributed by atoms with Crippen molar-refractivity contribution >= 4 is 6.09 Å². The van der Waals surface area contributed by atoms with E-state index in [2.05, 4.69) is 38.8 Å². The Morgan fingerprint density at radius 1 is 1.10 bits per heavy atom. The van der Waals surface area contributed by atoms with Crippen molar-refractivity contribution in [3.05, 3.63) is 93.2 Å². The second-order valence-corrected chi connectivity index (χ2v) is 10.1. The SMILES string of the molecule is COC1CN(Cc2ccc(C#Cc3ccc([C@H](Cc4nc[nH]c(=O)c4O)CN4C(=O)OC[C@@H]4C)cc3)cc2)C1. The van der Waals surface area contributed by atoms with E-state index in [1.54, 1.807) is 12.0 Å². The third kappa shape index (κ3) is 6.30. The zero-order chi connectivity index (χ0) is 27.4. The molecule has 3 aromatic rings. The lowest BCUT2D eigenvalue weighted by atomic mass is 9.92. The van der Waals surface area contributed by atoms with Crippen molar-refractivity contribution in [2.45, 2.75) is 38.0 Å². The van der Waals surface area contributed by atoms with Crippen molar-refractivity contribution in [1.29, 1.82) is 0 Å². The lowest BCUT2D eigenvalue weighted by Crippen LogP contribution is -2.50. The number of rotatable bonds is 8. The molecule has 2 aliphatic heterocycles. The van der Waals surface area contributed by atoms with Gasteiger partial charge < -0.3 is 24.5 Å². The quantitative estimate of drug-likeness (QED) is 0.433. The fraction of sp³-hybridized carbons (Fsp3) is 0.367. The molecule has 0 spiro atoms. The molecule has 2 atom stereocenters. The summed E-state index contributed by atoms with van der Waals surface area (Å²) >= 11 is 0. The molecule has 2 aliphatic rings. The molecular formula is C30H32N4O5. The van der Waals surface area contributed by atoms with Crippen molar-refractivity contribution in [3.8, 4) is 17.6 Å². The molecule has 0 aliphatic carbocycles. The normalized spacial score (nSPS) is 18.3. The van der Waals surface area contributed by atoms with Gasteiger partial charge in [0.25, 0.3) is 5.56 Å². The van der Waals surface area contributed by atoms with E-state index < -0.39 is 11.3 Å². The van der Waals surface area contributed by atoms with E-state index in [-0.39, 0.29) is 30.2 Å². The molecule has 0 radical (unpaired) electrons. The van der Waals surface area contributed by atoms with Gasteiger partial charge in [-0.25, -0.2) is 9.78 Å². The Labute approximate surface area is 227 Å². The maximum Gasteiger partial charge on any atom is 0.410 e. The van der Waals surface area contributed by atoms with E-state index in [1.165, 1.54) is 11.9 Å². The summed E-state index contributed by atoms with van der Waals surface area (Å²) in [6.07, 6.45) is 1.54. The van der Waals surface area contributed by atoms with Crippen molar-refractivity contribution in [1.82, 2.24) is 19.8 Å². The Morgan fingerprint density at radius 3 is 2.38 bits per heavy atom. The number of hydrogen-bond acceptors (Lipinski definition) is 7. The van der Waals surface area contributed by atoms with Gasteiger partial charge in [-0.1, -0.05) is 36.1 Å². The van der Waals surface area contributed by atoms with Crippen LogP contribution in [-0.4, -0.2) is 76.5 Å². The standard InChI is InChI=1S/C30H32N4O5/c1-20-18-39-30(37)34(20)15-25(13-27-28(35)29(36)32-19-31-27)24-11-9-22(10-12-24)4-3-21-5-7-23(8-6-21)14-33-16-26(17-33)38-2/h5-12,19-20,25-26,35H,13-18H2,1-2H3,(H,31,32,36)/t20-,25+/m0/s1.